The third kappa shape index (κ3) is 5.41. The van der Waals surface area contributed by atoms with Gasteiger partial charge < -0.3 is 19.3 Å². The average Bonchev–Trinajstić information content (AvgIpc) is 2.85. The topological polar surface area (TPSA) is 54.9 Å². The van der Waals surface area contributed by atoms with E-state index < -0.39 is 11.7 Å². The summed E-state index contributed by atoms with van der Waals surface area (Å²) in [6, 6.07) is 16.4. The number of carbonyl (C=O) groups excluding carboxylic acids is 1. The molecule has 1 aliphatic rings. The Hall–Kier alpha value is -3.75. The number of amides is 1. The molecule has 0 N–H and O–H groups in total. The zero-order valence-corrected chi connectivity index (χ0v) is 18.6. The number of para-hydroxylation sites is 2. The number of halogens is 3. The lowest BCUT2D eigenvalue weighted by atomic mass is 10.1. The van der Waals surface area contributed by atoms with Crippen molar-refractivity contribution >= 4 is 11.6 Å². The van der Waals surface area contributed by atoms with Gasteiger partial charge in [-0.2, -0.15) is 13.2 Å². The molecule has 0 radical (unpaired) electrons. The van der Waals surface area contributed by atoms with Crippen LogP contribution in [0, 0.1) is 0 Å². The number of nitrogens with zero attached hydrogens (tertiary/aromatic N) is 3. The first-order valence-corrected chi connectivity index (χ1v) is 10.9. The lowest BCUT2D eigenvalue weighted by molar-refractivity contribution is -0.137. The van der Waals surface area contributed by atoms with Crippen LogP contribution in [0.25, 0.3) is 0 Å². The van der Waals surface area contributed by atoms with E-state index in [4.69, 9.17) is 9.47 Å². The molecule has 1 aromatic heterocycles. The number of rotatable bonds is 6. The van der Waals surface area contributed by atoms with Crippen molar-refractivity contribution in [3.8, 4) is 17.4 Å². The highest BCUT2D eigenvalue weighted by molar-refractivity contribution is 5.94. The number of benzene rings is 2. The van der Waals surface area contributed by atoms with Crippen molar-refractivity contribution in [2.45, 2.75) is 13.1 Å². The second-order valence-electron chi connectivity index (χ2n) is 7.69. The van der Waals surface area contributed by atoms with Gasteiger partial charge in [0.05, 0.1) is 17.9 Å². The average molecular weight is 471 g/mol. The van der Waals surface area contributed by atoms with Gasteiger partial charge >= 0.3 is 6.18 Å². The number of anilines is 1. The molecular formula is C25H24F3N3O3. The van der Waals surface area contributed by atoms with Gasteiger partial charge in [-0.15, -0.1) is 0 Å². The van der Waals surface area contributed by atoms with Crippen LogP contribution in [0.2, 0.25) is 0 Å². The van der Waals surface area contributed by atoms with Gasteiger partial charge in [0.15, 0.2) is 0 Å². The Morgan fingerprint density at radius 3 is 2.29 bits per heavy atom. The fourth-order valence-corrected chi connectivity index (χ4v) is 3.72. The molecule has 0 bridgehead atoms. The minimum absolute atomic E-state index is 0.0375. The second kappa shape index (κ2) is 10.0. The van der Waals surface area contributed by atoms with Gasteiger partial charge in [-0.05, 0) is 49.4 Å². The van der Waals surface area contributed by atoms with Crippen LogP contribution in [0.5, 0.6) is 17.4 Å². The maximum Gasteiger partial charge on any atom is 0.417 e. The maximum atomic E-state index is 12.9. The van der Waals surface area contributed by atoms with E-state index in [2.05, 4.69) is 9.88 Å². The van der Waals surface area contributed by atoms with Gasteiger partial charge in [0.1, 0.15) is 11.5 Å². The molecule has 0 atom stereocenters. The molecule has 9 heteroatoms. The molecule has 0 saturated carbocycles. The van der Waals surface area contributed by atoms with Gasteiger partial charge in [0.2, 0.25) is 5.88 Å². The van der Waals surface area contributed by atoms with Gasteiger partial charge in [-0.1, -0.05) is 12.1 Å². The third-order valence-corrected chi connectivity index (χ3v) is 5.46. The monoisotopic (exact) mass is 471 g/mol. The first-order valence-electron chi connectivity index (χ1n) is 10.9. The molecular weight excluding hydrogens is 447 g/mol. The van der Waals surface area contributed by atoms with Crippen molar-refractivity contribution in [2.75, 3.05) is 37.7 Å². The number of pyridine rings is 1. The van der Waals surface area contributed by atoms with Crippen LogP contribution < -0.4 is 14.4 Å². The van der Waals surface area contributed by atoms with E-state index in [-0.39, 0.29) is 11.8 Å². The van der Waals surface area contributed by atoms with Crippen molar-refractivity contribution in [1.82, 2.24) is 9.88 Å². The Bertz CT molecular complexity index is 1110. The molecule has 3 aromatic rings. The lowest BCUT2D eigenvalue weighted by Crippen LogP contribution is -2.48. The number of hydrogen-bond donors (Lipinski definition) is 0. The zero-order chi connectivity index (χ0) is 24.1. The fraction of sp³-hybridized carbons (Fsp3) is 0.280. The van der Waals surface area contributed by atoms with Crippen LogP contribution >= 0.6 is 0 Å². The molecule has 1 aliphatic heterocycles. The Kier molecular flexibility index (Phi) is 6.90. The van der Waals surface area contributed by atoms with Crippen LogP contribution in [0.4, 0.5) is 18.9 Å². The number of aromatic nitrogens is 1. The van der Waals surface area contributed by atoms with E-state index in [0.29, 0.717) is 44.1 Å². The number of alkyl halides is 3. The first kappa shape index (κ1) is 23.4. The molecule has 1 amide bonds. The van der Waals surface area contributed by atoms with Crippen LogP contribution in [-0.4, -0.2) is 48.6 Å². The van der Waals surface area contributed by atoms with E-state index in [0.717, 1.165) is 29.8 Å². The highest BCUT2D eigenvalue weighted by Crippen LogP contribution is 2.31. The zero-order valence-electron chi connectivity index (χ0n) is 18.6. The Morgan fingerprint density at radius 1 is 0.971 bits per heavy atom. The predicted octanol–water partition coefficient (Wildman–Crippen LogP) is 5.25. The summed E-state index contributed by atoms with van der Waals surface area (Å²) in [6.45, 7) is 5.07. The predicted molar refractivity (Wildman–Crippen MR) is 121 cm³/mol. The summed E-state index contributed by atoms with van der Waals surface area (Å²) < 4.78 is 49.2. The van der Waals surface area contributed by atoms with Crippen LogP contribution in [0.1, 0.15) is 22.8 Å². The lowest BCUT2D eigenvalue weighted by Gasteiger charge is -2.36. The van der Waals surface area contributed by atoms with Crippen molar-refractivity contribution in [3.63, 3.8) is 0 Å². The minimum Gasteiger partial charge on any atom is -0.492 e. The van der Waals surface area contributed by atoms with Crippen molar-refractivity contribution in [1.29, 1.82) is 0 Å². The number of piperazine rings is 1. The highest BCUT2D eigenvalue weighted by Gasteiger charge is 2.30. The Balaban J connectivity index is 1.34. The Labute approximate surface area is 195 Å². The van der Waals surface area contributed by atoms with Crippen LogP contribution in [0.15, 0.2) is 66.9 Å². The largest absolute Gasteiger partial charge is 0.492 e. The SMILES string of the molecule is CCOc1ccccc1N1CCN(C(=O)c2ccc(Oc3ccc(C(F)(F)F)cn3)cc2)CC1. The molecule has 0 spiro atoms. The second-order valence-corrected chi connectivity index (χ2v) is 7.69. The van der Waals surface area contributed by atoms with Crippen LogP contribution in [-0.2, 0) is 6.18 Å². The van der Waals surface area contributed by atoms with Crippen LogP contribution in [0.3, 0.4) is 0 Å². The summed E-state index contributed by atoms with van der Waals surface area (Å²) in [5.41, 5.74) is 0.688. The van der Waals surface area contributed by atoms with Gasteiger partial charge in [-0.25, -0.2) is 4.98 Å². The Morgan fingerprint density at radius 2 is 1.68 bits per heavy atom. The summed E-state index contributed by atoms with van der Waals surface area (Å²) >= 11 is 0. The molecule has 2 heterocycles. The molecule has 4 rings (SSSR count). The fourth-order valence-electron chi connectivity index (χ4n) is 3.72. The standard InChI is InChI=1S/C25H24F3N3O3/c1-2-33-22-6-4-3-5-21(22)30-13-15-31(16-14-30)24(32)18-7-10-20(11-8-18)34-23-12-9-19(17-29-23)25(26,27)28/h3-12,17H,2,13-16H2,1H3. The van der Waals surface area contributed by atoms with E-state index in [1.165, 1.54) is 0 Å². The molecule has 0 aliphatic carbocycles. The summed E-state index contributed by atoms with van der Waals surface area (Å²) in [5, 5.41) is 0. The smallest absolute Gasteiger partial charge is 0.417 e. The summed E-state index contributed by atoms with van der Waals surface area (Å²) in [4.78, 5) is 20.6. The third-order valence-electron chi connectivity index (χ3n) is 5.46. The van der Waals surface area contributed by atoms with E-state index in [9.17, 15) is 18.0 Å². The van der Waals surface area contributed by atoms with E-state index in [1.807, 2.05) is 31.2 Å². The molecule has 34 heavy (non-hydrogen) atoms. The first-order chi connectivity index (χ1) is 16.3. The summed E-state index contributed by atoms with van der Waals surface area (Å²) in [6.07, 6.45) is -3.73. The molecule has 0 unspecified atom stereocenters. The molecule has 178 valence electrons. The summed E-state index contributed by atoms with van der Waals surface area (Å²) in [7, 11) is 0. The molecule has 2 aromatic carbocycles. The van der Waals surface area contributed by atoms with Gasteiger partial charge in [0.25, 0.3) is 5.91 Å². The minimum atomic E-state index is -4.45. The van der Waals surface area contributed by atoms with Crippen molar-refractivity contribution in [3.05, 3.63) is 78.0 Å². The number of hydrogen-bond acceptors (Lipinski definition) is 5. The normalized spacial score (nSPS) is 14.1. The van der Waals surface area contributed by atoms with E-state index >= 15 is 0 Å². The summed E-state index contributed by atoms with van der Waals surface area (Å²) in [5.74, 6) is 1.16. The van der Waals surface area contributed by atoms with E-state index in [1.54, 1.807) is 29.2 Å². The van der Waals surface area contributed by atoms with Crippen molar-refractivity contribution in [2.24, 2.45) is 0 Å². The number of ether oxygens (including phenoxy) is 2. The maximum absolute atomic E-state index is 12.9. The van der Waals surface area contributed by atoms with Crippen molar-refractivity contribution < 1.29 is 27.4 Å². The van der Waals surface area contributed by atoms with Gasteiger partial charge in [0, 0.05) is 44.0 Å². The molecule has 1 fully saturated rings. The molecule has 6 nitrogen and oxygen atoms in total. The quantitative estimate of drug-likeness (QED) is 0.491. The molecule has 1 saturated heterocycles. The highest BCUT2D eigenvalue weighted by atomic mass is 19.4. The number of carbonyl (C=O) groups is 1. The van der Waals surface area contributed by atoms with Gasteiger partial charge in [-0.3, -0.25) is 4.79 Å².